The van der Waals surface area contributed by atoms with E-state index in [0.29, 0.717) is 5.54 Å². The molecule has 0 aliphatic heterocycles. The zero-order chi connectivity index (χ0) is 10.9. The molecule has 0 aliphatic rings. The van der Waals surface area contributed by atoms with Crippen LogP contribution in [0.5, 0.6) is 0 Å². The summed E-state index contributed by atoms with van der Waals surface area (Å²) in [4.78, 5) is 2.38. The molecule has 0 bridgehead atoms. The molecule has 0 rings (SSSR count). The quantitative estimate of drug-likeness (QED) is 0.712. The van der Waals surface area contributed by atoms with Crippen molar-refractivity contribution in [1.82, 2.24) is 10.2 Å². The molecule has 0 atom stereocenters. The van der Waals surface area contributed by atoms with Gasteiger partial charge in [0, 0.05) is 5.54 Å². The van der Waals surface area contributed by atoms with E-state index in [1.165, 1.54) is 6.42 Å². The van der Waals surface area contributed by atoms with Crippen LogP contribution in [0.25, 0.3) is 0 Å². The van der Waals surface area contributed by atoms with Crippen molar-refractivity contribution in [3.05, 3.63) is 0 Å². The fraction of sp³-hybridized carbons (Fsp3) is 1.00. The fourth-order valence-corrected chi connectivity index (χ4v) is 1.05. The highest BCUT2D eigenvalue weighted by Gasteiger charge is 2.20. The van der Waals surface area contributed by atoms with Gasteiger partial charge in [-0.2, -0.15) is 0 Å². The second-order valence-corrected chi connectivity index (χ2v) is 3.68. The van der Waals surface area contributed by atoms with Crippen molar-refractivity contribution in [2.24, 2.45) is 0 Å². The van der Waals surface area contributed by atoms with Gasteiger partial charge in [-0.15, -0.1) is 0 Å². The molecule has 13 heavy (non-hydrogen) atoms. The minimum Gasteiger partial charge on any atom is -0.320 e. The summed E-state index contributed by atoms with van der Waals surface area (Å²) >= 11 is 0. The average molecular weight is 188 g/mol. The largest absolute Gasteiger partial charge is 0.320 e. The smallest absolute Gasteiger partial charge is 0.0162 e. The molecule has 0 aromatic rings. The van der Waals surface area contributed by atoms with E-state index in [4.69, 9.17) is 0 Å². The second kappa shape index (κ2) is 8.52. The predicted octanol–water partition coefficient (Wildman–Crippen LogP) is 2.35. The highest BCUT2D eigenvalue weighted by atomic mass is 15.2. The first-order valence-electron chi connectivity index (χ1n) is 5.40. The van der Waals surface area contributed by atoms with Gasteiger partial charge < -0.3 is 10.2 Å². The van der Waals surface area contributed by atoms with Gasteiger partial charge in [0.05, 0.1) is 0 Å². The van der Waals surface area contributed by atoms with Crippen LogP contribution < -0.4 is 5.32 Å². The van der Waals surface area contributed by atoms with Gasteiger partial charge in [-0.1, -0.05) is 20.8 Å². The topological polar surface area (TPSA) is 15.3 Å². The first-order chi connectivity index (χ1) is 6.04. The maximum Gasteiger partial charge on any atom is 0.0162 e. The molecule has 0 saturated heterocycles. The fourth-order valence-electron chi connectivity index (χ4n) is 1.05. The van der Waals surface area contributed by atoms with Crippen LogP contribution in [0, 0.1) is 0 Å². The molecule has 2 heteroatoms. The van der Waals surface area contributed by atoms with Gasteiger partial charge in [-0.05, 0) is 47.5 Å². The van der Waals surface area contributed by atoms with Crippen molar-refractivity contribution in [1.29, 1.82) is 0 Å². The molecule has 0 aromatic heterocycles. The molecule has 0 aliphatic carbocycles. The molecule has 0 heterocycles. The Morgan fingerprint density at radius 2 is 1.69 bits per heavy atom. The Labute approximate surface area is 84.7 Å². The van der Waals surface area contributed by atoms with Gasteiger partial charge >= 0.3 is 0 Å². The summed E-state index contributed by atoms with van der Waals surface area (Å²) in [5.74, 6) is 0. The molecule has 0 spiro atoms. The second-order valence-electron chi connectivity index (χ2n) is 3.68. The van der Waals surface area contributed by atoms with Crippen molar-refractivity contribution in [2.45, 2.75) is 46.6 Å². The number of nitrogens with one attached hydrogen (secondary N) is 1. The van der Waals surface area contributed by atoms with Crippen molar-refractivity contribution in [2.75, 3.05) is 27.2 Å². The first kappa shape index (κ1) is 15.4. The highest BCUT2D eigenvalue weighted by molar-refractivity contribution is 4.78. The Morgan fingerprint density at radius 1 is 1.23 bits per heavy atom. The van der Waals surface area contributed by atoms with Gasteiger partial charge in [-0.25, -0.2) is 0 Å². The number of hydrogen-bond donors (Lipinski definition) is 1. The minimum atomic E-state index is 0.331. The van der Waals surface area contributed by atoms with Gasteiger partial charge in [0.1, 0.15) is 0 Å². The molecular formula is C11H28N2. The lowest BCUT2D eigenvalue weighted by molar-refractivity contribution is 0.154. The summed E-state index contributed by atoms with van der Waals surface area (Å²) in [6.45, 7) is 13.0. The minimum absolute atomic E-state index is 0.331. The molecular weight excluding hydrogens is 160 g/mol. The number of hydrogen-bond acceptors (Lipinski definition) is 2. The van der Waals surface area contributed by atoms with Crippen molar-refractivity contribution < 1.29 is 0 Å². The average Bonchev–Trinajstić information content (AvgIpc) is 2.16. The summed E-state index contributed by atoms with van der Waals surface area (Å²) in [5, 5.41) is 3.18. The lowest BCUT2D eigenvalue weighted by Gasteiger charge is -2.34. The third-order valence-electron chi connectivity index (χ3n) is 2.49. The lowest BCUT2D eigenvalue weighted by atomic mass is 9.99. The third-order valence-corrected chi connectivity index (χ3v) is 2.49. The molecule has 1 N–H and O–H groups in total. The predicted molar refractivity (Wildman–Crippen MR) is 62.3 cm³/mol. The Kier molecular flexibility index (Phi) is 10.1. The lowest BCUT2D eigenvalue weighted by Crippen LogP contribution is -2.42. The molecule has 0 fully saturated rings. The Hall–Kier alpha value is -0.0800. The standard InChI is InChI=1S/C9H22N2.C2H6/c1-6-11(5)9(2,3)7-8-10-4;1-2/h10H,6-8H2,1-5H3;1-2H3. The van der Waals surface area contributed by atoms with Gasteiger partial charge in [0.25, 0.3) is 0 Å². The Bertz CT molecular complexity index is 100. The van der Waals surface area contributed by atoms with Crippen LogP contribution in [0.15, 0.2) is 0 Å². The van der Waals surface area contributed by atoms with E-state index in [1.807, 2.05) is 20.9 Å². The van der Waals surface area contributed by atoms with Crippen LogP contribution in [0.3, 0.4) is 0 Å². The van der Waals surface area contributed by atoms with Gasteiger partial charge in [0.15, 0.2) is 0 Å². The van der Waals surface area contributed by atoms with Crippen molar-refractivity contribution >= 4 is 0 Å². The van der Waals surface area contributed by atoms with Crippen LogP contribution in [0.1, 0.15) is 41.0 Å². The molecule has 0 saturated carbocycles. The summed E-state index contributed by atoms with van der Waals surface area (Å²) in [6, 6.07) is 0. The molecule has 82 valence electrons. The number of rotatable bonds is 5. The zero-order valence-electron chi connectivity index (χ0n) is 10.6. The SMILES string of the molecule is CC.CCN(C)C(C)(C)CCNC. The molecule has 2 nitrogen and oxygen atoms in total. The van der Waals surface area contributed by atoms with E-state index >= 15 is 0 Å². The van der Waals surface area contributed by atoms with E-state index < -0.39 is 0 Å². The third kappa shape index (κ3) is 7.03. The van der Waals surface area contributed by atoms with Crippen LogP contribution in [0.2, 0.25) is 0 Å². The van der Waals surface area contributed by atoms with Crippen LogP contribution in [0.4, 0.5) is 0 Å². The normalized spacial score (nSPS) is 11.1. The molecule has 0 aromatic carbocycles. The van der Waals surface area contributed by atoms with E-state index in [1.54, 1.807) is 0 Å². The summed E-state index contributed by atoms with van der Waals surface area (Å²) < 4.78 is 0. The first-order valence-corrected chi connectivity index (χ1v) is 5.40. The van der Waals surface area contributed by atoms with Crippen molar-refractivity contribution in [3.63, 3.8) is 0 Å². The zero-order valence-corrected chi connectivity index (χ0v) is 10.6. The summed E-state index contributed by atoms with van der Waals surface area (Å²) in [7, 11) is 4.18. The molecule has 0 unspecified atom stereocenters. The Morgan fingerprint density at radius 3 is 2.00 bits per heavy atom. The van der Waals surface area contributed by atoms with Crippen LogP contribution in [-0.2, 0) is 0 Å². The maximum absolute atomic E-state index is 3.18. The van der Waals surface area contributed by atoms with Crippen molar-refractivity contribution in [3.8, 4) is 0 Å². The monoisotopic (exact) mass is 188 g/mol. The summed E-state index contributed by atoms with van der Waals surface area (Å²) in [5.41, 5.74) is 0.331. The Balaban J connectivity index is 0. The van der Waals surface area contributed by atoms with E-state index in [2.05, 4.69) is 38.0 Å². The molecule has 0 amide bonds. The van der Waals surface area contributed by atoms with Crippen LogP contribution >= 0.6 is 0 Å². The van der Waals surface area contributed by atoms with Crippen LogP contribution in [-0.4, -0.2) is 37.6 Å². The highest BCUT2D eigenvalue weighted by Crippen LogP contribution is 2.15. The maximum atomic E-state index is 3.18. The van der Waals surface area contributed by atoms with E-state index in [9.17, 15) is 0 Å². The summed E-state index contributed by atoms with van der Waals surface area (Å²) in [6.07, 6.45) is 1.20. The number of nitrogens with zero attached hydrogens (tertiary/aromatic N) is 1. The van der Waals surface area contributed by atoms with Gasteiger partial charge in [0.2, 0.25) is 0 Å². The molecule has 0 radical (unpaired) electrons. The van der Waals surface area contributed by atoms with Gasteiger partial charge in [-0.3, -0.25) is 0 Å². The van der Waals surface area contributed by atoms with E-state index in [0.717, 1.165) is 13.1 Å². The van der Waals surface area contributed by atoms with E-state index in [-0.39, 0.29) is 0 Å².